The molecule has 26 heavy (non-hydrogen) atoms. The van der Waals surface area contributed by atoms with Crippen molar-refractivity contribution in [3.05, 3.63) is 34.6 Å². The van der Waals surface area contributed by atoms with E-state index in [1.807, 2.05) is 13.1 Å². The van der Waals surface area contributed by atoms with Gasteiger partial charge in [-0.15, -0.1) is 0 Å². The van der Waals surface area contributed by atoms with Crippen molar-refractivity contribution in [2.75, 3.05) is 6.54 Å². The Morgan fingerprint density at radius 1 is 1.38 bits per heavy atom. The molecule has 3 N–H and O–H groups in total. The minimum Gasteiger partial charge on any atom is -0.432 e. The van der Waals surface area contributed by atoms with Crippen LogP contribution in [0.15, 0.2) is 18.2 Å². The third-order valence-electron chi connectivity index (χ3n) is 5.33. The third-order valence-corrected chi connectivity index (χ3v) is 9.18. The van der Waals surface area contributed by atoms with E-state index in [1.54, 1.807) is 12.1 Å². The summed E-state index contributed by atoms with van der Waals surface area (Å²) < 4.78 is 13.8. The smallest absolute Gasteiger partial charge is 0.234 e. The van der Waals surface area contributed by atoms with E-state index in [2.05, 4.69) is 31.4 Å². The van der Waals surface area contributed by atoms with Crippen LogP contribution >= 0.6 is 11.6 Å². The van der Waals surface area contributed by atoms with Crippen LogP contribution in [0, 0.1) is 5.82 Å². The number of halogens is 2. The summed E-state index contributed by atoms with van der Waals surface area (Å²) in [6.45, 7) is 10.5. The minimum atomic E-state index is -2.22. The van der Waals surface area contributed by atoms with Gasteiger partial charge in [-0.3, -0.25) is 4.79 Å². The molecular formula is C19H32ClFN2O2Si. The summed E-state index contributed by atoms with van der Waals surface area (Å²) in [4.78, 5) is 22.4. The average Bonchev–Trinajstić information content (AvgIpc) is 2.55. The first-order chi connectivity index (χ1) is 12.0. The number of rotatable bonds is 10. The Labute approximate surface area is 162 Å². The van der Waals surface area contributed by atoms with Crippen LogP contribution in [0.3, 0.4) is 0 Å². The molecule has 0 aliphatic rings. The fourth-order valence-electron chi connectivity index (χ4n) is 2.47. The summed E-state index contributed by atoms with van der Waals surface area (Å²) in [6.07, 6.45) is 2.71. The lowest BCUT2D eigenvalue weighted by Gasteiger charge is -2.36. The van der Waals surface area contributed by atoms with E-state index in [9.17, 15) is 14.0 Å². The first kappa shape index (κ1) is 23.1. The summed E-state index contributed by atoms with van der Waals surface area (Å²) in [6, 6.07) is 4.95. The molecule has 1 amide bonds. The van der Waals surface area contributed by atoms with Crippen LogP contribution in [0.2, 0.25) is 23.2 Å². The maximum absolute atomic E-state index is 13.8. The molecule has 0 spiro atoms. The Kier molecular flexibility index (Phi) is 8.73. The van der Waals surface area contributed by atoms with Crippen LogP contribution in [0.5, 0.6) is 0 Å². The van der Waals surface area contributed by atoms with E-state index >= 15 is 0 Å². The lowest BCUT2D eigenvalue weighted by atomic mass is 10.0. The van der Waals surface area contributed by atoms with Crippen molar-refractivity contribution in [2.24, 2.45) is 0 Å². The molecule has 4 nitrogen and oxygen atoms in total. The van der Waals surface area contributed by atoms with Gasteiger partial charge in [0.2, 0.25) is 5.91 Å². The fraction of sp³-hybridized carbons (Fsp3) is 0.632. The largest absolute Gasteiger partial charge is 0.432 e. The molecule has 1 aromatic carbocycles. The van der Waals surface area contributed by atoms with Crippen molar-refractivity contribution in [3.63, 3.8) is 0 Å². The molecule has 1 rings (SSSR count). The third kappa shape index (κ3) is 6.99. The molecule has 148 valence electrons. The molecule has 1 atom stereocenters. The topological polar surface area (TPSA) is 61.4 Å². The van der Waals surface area contributed by atoms with Gasteiger partial charge < -0.3 is 15.4 Å². The van der Waals surface area contributed by atoms with Crippen LogP contribution in [0.1, 0.15) is 45.6 Å². The summed E-state index contributed by atoms with van der Waals surface area (Å²) in [5.41, 5.74) is 0.370. The van der Waals surface area contributed by atoms with Gasteiger partial charge in [0.25, 0.3) is 0 Å². The summed E-state index contributed by atoms with van der Waals surface area (Å²) >= 11 is 5.74. The second kappa shape index (κ2) is 9.83. The molecule has 0 aromatic heterocycles. The highest BCUT2D eigenvalue weighted by Gasteiger charge is 2.37. The van der Waals surface area contributed by atoms with Gasteiger partial charge in [0.05, 0.1) is 11.6 Å². The van der Waals surface area contributed by atoms with Crippen molar-refractivity contribution in [1.82, 2.24) is 10.6 Å². The summed E-state index contributed by atoms with van der Waals surface area (Å²) in [5.74, 6) is -0.675. The van der Waals surface area contributed by atoms with E-state index in [0.717, 1.165) is 19.3 Å². The molecule has 0 bridgehead atoms. The standard InChI is InChI=1S/C19H32ClFN2O2Si/c1-6-15(10-11-19(2,3)26(4,5)25)22-13-17(24)23-12-14-8-7-9-16(20)18(14)21/h7-9,15,22,25H,6,10-13H2,1-5H3,(H,23,24)/t15-/m1/s1. The van der Waals surface area contributed by atoms with Crippen LogP contribution in [-0.4, -0.2) is 31.6 Å². The van der Waals surface area contributed by atoms with Gasteiger partial charge in [-0.2, -0.15) is 0 Å². The van der Waals surface area contributed by atoms with Crippen molar-refractivity contribution >= 4 is 25.8 Å². The average molecular weight is 403 g/mol. The van der Waals surface area contributed by atoms with Gasteiger partial charge in [0.15, 0.2) is 8.32 Å². The zero-order valence-electron chi connectivity index (χ0n) is 16.5. The van der Waals surface area contributed by atoms with Gasteiger partial charge >= 0.3 is 0 Å². The second-order valence-corrected chi connectivity index (χ2v) is 12.8. The number of amides is 1. The SMILES string of the molecule is CC[C@H](CCC(C)(C)[Si](C)(C)O)NCC(=O)NCc1cccc(Cl)c1F. The molecule has 0 unspecified atom stereocenters. The van der Waals surface area contributed by atoms with Gasteiger partial charge in [0.1, 0.15) is 5.82 Å². The molecule has 0 heterocycles. The molecule has 0 saturated carbocycles. The highest BCUT2D eigenvalue weighted by Crippen LogP contribution is 2.40. The lowest BCUT2D eigenvalue weighted by molar-refractivity contribution is -0.120. The zero-order valence-corrected chi connectivity index (χ0v) is 18.2. The second-order valence-electron chi connectivity index (χ2n) is 7.96. The Morgan fingerprint density at radius 2 is 2.04 bits per heavy atom. The van der Waals surface area contributed by atoms with Crippen LogP contribution in [0.4, 0.5) is 4.39 Å². The number of carbonyl (C=O) groups excluding carboxylic acids is 1. The van der Waals surface area contributed by atoms with Crippen LogP contribution in [0.25, 0.3) is 0 Å². The maximum atomic E-state index is 13.8. The number of nitrogens with one attached hydrogen (secondary N) is 2. The van der Waals surface area contributed by atoms with E-state index in [1.165, 1.54) is 6.07 Å². The monoisotopic (exact) mass is 402 g/mol. The summed E-state index contributed by atoms with van der Waals surface area (Å²) in [7, 11) is -2.22. The van der Waals surface area contributed by atoms with Crippen molar-refractivity contribution in [3.8, 4) is 0 Å². The van der Waals surface area contributed by atoms with Gasteiger partial charge in [-0.1, -0.05) is 44.5 Å². The molecule has 7 heteroatoms. The van der Waals surface area contributed by atoms with Crippen molar-refractivity contribution < 1.29 is 14.0 Å². The lowest BCUT2D eigenvalue weighted by Crippen LogP contribution is -2.42. The maximum Gasteiger partial charge on any atom is 0.234 e. The molecule has 0 saturated heterocycles. The normalized spacial score (nSPS) is 13.5. The van der Waals surface area contributed by atoms with E-state index in [-0.39, 0.29) is 35.1 Å². The Bertz CT molecular complexity index is 606. The van der Waals surface area contributed by atoms with E-state index < -0.39 is 14.1 Å². The van der Waals surface area contributed by atoms with Gasteiger partial charge in [0, 0.05) is 18.2 Å². The molecule has 1 aromatic rings. The van der Waals surface area contributed by atoms with Crippen molar-refractivity contribution in [2.45, 2.75) is 70.8 Å². The first-order valence-electron chi connectivity index (χ1n) is 9.13. The predicted molar refractivity (Wildman–Crippen MR) is 108 cm³/mol. The van der Waals surface area contributed by atoms with Gasteiger partial charge in [-0.25, -0.2) is 4.39 Å². The number of benzene rings is 1. The van der Waals surface area contributed by atoms with Crippen molar-refractivity contribution in [1.29, 1.82) is 0 Å². The number of carbonyl (C=O) groups is 1. The highest BCUT2D eigenvalue weighted by atomic mass is 35.5. The van der Waals surface area contributed by atoms with Gasteiger partial charge in [-0.05, 0) is 43.5 Å². The highest BCUT2D eigenvalue weighted by molar-refractivity contribution is 6.72. The molecule has 0 fully saturated rings. The van der Waals surface area contributed by atoms with Crippen LogP contribution < -0.4 is 10.6 Å². The Hall–Kier alpha value is -0.953. The molecule has 0 aliphatic carbocycles. The Balaban J connectivity index is 2.43. The van der Waals surface area contributed by atoms with E-state index in [0.29, 0.717) is 5.56 Å². The summed E-state index contributed by atoms with van der Waals surface area (Å²) in [5, 5.41) is 5.95. The van der Waals surface area contributed by atoms with E-state index in [4.69, 9.17) is 11.6 Å². The van der Waals surface area contributed by atoms with Crippen LogP contribution in [-0.2, 0) is 11.3 Å². The fourth-order valence-corrected chi connectivity index (χ4v) is 3.42. The number of hydrogen-bond donors (Lipinski definition) is 3. The zero-order chi connectivity index (χ0) is 20.0. The minimum absolute atomic E-state index is 0.0545. The molecular weight excluding hydrogens is 371 g/mol. The number of hydrogen-bond acceptors (Lipinski definition) is 3. The Morgan fingerprint density at radius 3 is 2.62 bits per heavy atom. The molecule has 0 radical (unpaired) electrons. The quantitative estimate of drug-likeness (QED) is 0.513. The predicted octanol–water partition coefficient (Wildman–Crippen LogP) is 4.22. The first-order valence-corrected chi connectivity index (χ1v) is 12.5. The molecule has 0 aliphatic heterocycles.